The second kappa shape index (κ2) is 11.9. The molecule has 1 atom stereocenters. The highest BCUT2D eigenvalue weighted by Crippen LogP contribution is 2.39. The van der Waals surface area contributed by atoms with E-state index in [1.54, 1.807) is 4.90 Å². The van der Waals surface area contributed by atoms with E-state index in [1.165, 1.54) is 25.1 Å². The van der Waals surface area contributed by atoms with E-state index in [4.69, 9.17) is 23.2 Å². The second-order valence-electron chi connectivity index (χ2n) is 10.0. The van der Waals surface area contributed by atoms with Crippen LogP contribution < -0.4 is 16.0 Å². The minimum absolute atomic E-state index is 0.00777. The van der Waals surface area contributed by atoms with Gasteiger partial charge in [0.25, 0.3) is 5.56 Å². The van der Waals surface area contributed by atoms with Crippen LogP contribution in [-0.2, 0) is 39.1 Å². The number of aromatic nitrogens is 2. The van der Waals surface area contributed by atoms with Crippen LogP contribution >= 0.6 is 23.2 Å². The van der Waals surface area contributed by atoms with Crippen molar-refractivity contribution in [2.24, 2.45) is 0 Å². The number of aromatic amines is 1. The average molecular weight is 672 g/mol. The van der Waals surface area contributed by atoms with E-state index in [9.17, 15) is 39.6 Å². The van der Waals surface area contributed by atoms with Crippen molar-refractivity contribution in [3.63, 3.8) is 0 Å². The van der Waals surface area contributed by atoms with Gasteiger partial charge in [0.15, 0.2) is 9.84 Å². The first kappa shape index (κ1) is 32.5. The zero-order chi connectivity index (χ0) is 31.2. The Balaban J connectivity index is 1.84. The van der Waals surface area contributed by atoms with Gasteiger partial charge in [0.1, 0.15) is 0 Å². The van der Waals surface area contributed by atoms with E-state index in [2.05, 4.69) is 9.71 Å². The van der Waals surface area contributed by atoms with Crippen LogP contribution in [0, 0.1) is 0 Å². The molecule has 0 radical (unpaired) electrons. The number of benzene rings is 2. The molecule has 10 nitrogen and oxygen atoms in total. The summed E-state index contributed by atoms with van der Waals surface area (Å²) in [7, 11) is -7.33. The first-order valence-corrected chi connectivity index (χ1v) is 17.0. The highest BCUT2D eigenvalue weighted by Gasteiger charge is 2.37. The minimum Gasteiger partial charge on any atom is -0.305 e. The van der Waals surface area contributed by atoms with Crippen LogP contribution in [0.4, 0.5) is 13.2 Å². The van der Waals surface area contributed by atoms with Gasteiger partial charge in [-0.05, 0) is 54.8 Å². The van der Waals surface area contributed by atoms with Gasteiger partial charge in [-0.1, -0.05) is 30.1 Å². The normalized spacial score (nSPS) is 16.9. The number of nitrogens with one attached hydrogen (secondary N) is 2. The van der Waals surface area contributed by atoms with Gasteiger partial charge in [0, 0.05) is 24.2 Å². The molecule has 1 aromatic heterocycles. The van der Waals surface area contributed by atoms with Gasteiger partial charge in [-0.15, -0.1) is 0 Å². The first-order chi connectivity index (χ1) is 19.4. The summed E-state index contributed by atoms with van der Waals surface area (Å²) >= 11 is 12.5. The van der Waals surface area contributed by atoms with Crippen molar-refractivity contribution in [3.05, 3.63) is 71.8 Å². The lowest BCUT2D eigenvalue weighted by atomic mass is 10.0. The summed E-state index contributed by atoms with van der Waals surface area (Å²) in [6.45, 7) is 0.885. The van der Waals surface area contributed by atoms with Gasteiger partial charge in [-0.2, -0.15) is 13.2 Å². The standard InChI is InChI=1S/C25H27Cl2F3N4O6S2/c1-3-42(39,40)20-7-6-15(26)9-14(20)12-34-23(35)17-10-19(25(28,29)30)18(21(27)22(17)32-24(34)36)13-33-8-4-5-16(33)11-31-41(2,37)38/h6-7,9-10,16,31H,3-5,8,11-13H2,1-2H3,(H,32,36)/t16-/m1/s1. The molecule has 0 bridgehead atoms. The summed E-state index contributed by atoms with van der Waals surface area (Å²) in [6, 6.07) is 4.06. The van der Waals surface area contributed by atoms with E-state index in [0.717, 1.165) is 6.26 Å². The number of H-pyrrole nitrogens is 1. The smallest absolute Gasteiger partial charge is 0.305 e. The van der Waals surface area contributed by atoms with Crippen LogP contribution in [0.5, 0.6) is 0 Å². The fraction of sp³-hybridized carbons (Fsp3) is 0.440. The molecule has 3 aromatic rings. The molecule has 2 N–H and O–H groups in total. The van der Waals surface area contributed by atoms with Crippen molar-refractivity contribution in [2.75, 3.05) is 25.1 Å². The van der Waals surface area contributed by atoms with Crippen molar-refractivity contribution in [2.45, 2.75) is 50.0 Å². The molecule has 230 valence electrons. The maximum absolute atomic E-state index is 14.3. The number of sulfonamides is 1. The second-order valence-corrected chi connectivity index (χ2v) is 14.9. The summed E-state index contributed by atoms with van der Waals surface area (Å²) in [6.07, 6.45) is -2.80. The Morgan fingerprint density at radius 1 is 1.10 bits per heavy atom. The monoisotopic (exact) mass is 670 g/mol. The maximum Gasteiger partial charge on any atom is 0.416 e. The molecule has 1 aliphatic heterocycles. The fourth-order valence-corrected chi connectivity index (χ4v) is 7.14. The number of hydrogen-bond acceptors (Lipinski definition) is 7. The summed E-state index contributed by atoms with van der Waals surface area (Å²) in [5.74, 6) is -0.278. The molecule has 1 saturated heterocycles. The highest BCUT2D eigenvalue weighted by molar-refractivity contribution is 7.91. The van der Waals surface area contributed by atoms with Crippen molar-refractivity contribution >= 4 is 54.0 Å². The molecule has 2 heterocycles. The molecule has 1 aliphatic rings. The molecular formula is C25H27Cl2F3N4O6S2. The van der Waals surface area contributed by atoms with E-state index in [1.807, 2.05) is 0 Å². The lowest BCUT2D eigenvalue weighted by Gasteiger charge is -2.27. The molecule has 0 aliphatic carbocycles. The summed E-state index contributed by atoms with van der Waals surface area (Å²) in [4.78, 5) is 30.4. The molecular weight excluding hydrogens is 644 g/mol. The van der Waals surface area contributed by atoms with Crippen LogP contribution in [0.3, 0.4) is 0 Å². The molecule has 1 fully saturated rings. The van der Waals surface area contributed by atoms with Crippen molar-refractivity contribution < 1.29 is 30.0 Å². The third-order valence-electron chi connectivity index (χ3n) is 7.13. The lowest BCUT2D eigenvalue weighted by Crippen LogP contribution is -2.40. The maximum atomic E-state index is 14.3. The number of likely N-dealkylation sites (tertiary alicyclic amines) is 1. The van der Waals surface area contributed by atoms with Crippen LogP contribution in [0.15, 0.2) is 38.8 Å². The minimum atomic E-state index is -4.93. The van der Waals surface area contributed by atoms with Crippen molar-refractivity contribution in [3.8, 4) is 0 Å². The molecule has 2 aromatic carbocycles. The molecule has 42 heavy (non-hydrogen) atoms. The largest absolute Gasteiger partial charge is 0.416 e. The van der Waals surface area contributed by atoms with Crippen LogP contribution in [0.1, 0.15) is 36.5 Å². The highest BCUT2D eigenvalue weighted by atomic mass is 35.5. The third kappa shape index (κ3) is 6.86. The van der Waals surface area contributed by atoms with Crippen LogP contribution in [-0.4, -0.2) is 62.4 Å². The Bertz CT molecular complexity index is 1880. The van der Waals surface area contributed by atoms with Gasteiger partial charge < -0.3 is 4.98 Å². The van der Waals surface area contributed by atoms with Gasteiger partial charge in [0.2, 0.25) is 10.0 Å². The number of alkyl halides is 3. The quantitative estimate of drug-likeness (QED) is 0.356. The zero-order valence-corrected chi connectivity index (χ0v) is 25.5. The van der Waals surface area contributed by atoms with Gasteiger partial charge in [0.05, 0.1) is 44.9 Å². The Kier molecular flexibility index (Phi) is 9.22. The molecule has 0 unspecified atom stereocenters. The number of sulfone groups is 1. The van der Waals surface area contributed by atoms with Crippen molar-refractivity contribution in [1.82, 2.24) is 19.2 Å². The van der Waals surface area contributed by atoms with Gasteiger partial charge >= 0.3 is 11.9 Å². The predicted molar refractivity (Wildman–Crippen MR) is 153 cm³/mol. The molecule has 0 amide bonds. The average Bonchev–Trinajstić information content (AvgIpc) is 3.33. The number of nitrogens with zero attached hydrogens (tertiary/aromatic N) is 2. The van der Waals surface area contributed by atoms with E-state index in [-0.39, 0.29) is 45.4 Å². The third-order valence-corrected chi connectivity index (χ3v) is 10.3. The number of fused-ring (bicyclic) bond motifs is 1. The van der Waals surface area contributed by atoms with Gasteiger partial charge in [-0.3, -0.25) is 14.3 Å². The zero-order valence-electron chi connectivity index (χ0n) is 22.4. The topological polar surface area (TPSA) is 138 Å². The summed E-state index contributed by atoms with van der Waals surface area (Å²) < 4.78 is 94.2. The Morgan fingerprint density at radius 3 is 2.40 bits per heavy atom. The SMILES string of the molecule is CCS(=O)(=O)c1ccc(Cl)cc1Cn1c(=O)[nH]c2c(Cl)c(CN3CCC[C@@H]3CNS(C)(=O)=O)c(C(F)(F)F)cc2c1=O. The van der Waals surface area contributed by atoms with Gasteiger partial charge in [-0.25, -0.2) is 26.4 Å². The Labute approximate surface area is 249 Å². The summed E-state index contributed by atoms with van der Waals surface area (Å²) in [5.41, 5.74) is -3.97. The Morgan fingerprint density at radius 2 is 1.79 bits per heavy atom. The summed E-state index contributed by atoms with van der Waals surface area (Å²) in [5, 5.41) is -0.862. The van der Waals surface area contributed by atoms with Crippen molar-refractivity contribution in [1.29, 1.82) is 0 Å². The molecule has 0 saturated carbocycles. The molecule has 17 heteroatoms. The predicted octanol–water partition coefficient (Wildman–Crippen LogP) is 3.37. The molecule has 4 rings (SSSR count). The van der Waals surface area contributed by atoms with Crippen LogP contribution in [0.2, 0.25) is 10.0 Å². The first-order valence-electron chi connectivity index (χ1n) is 12.7. The molecule has 0 spiro atoms. The number of rotatable bonds is 9. The number of halogens is 5. The van der Waals surface area contributed by atoms with Crippen LogP contribution in [0.25, 0.3) is 10.9 Å². The van der Waals surface area contributed by atoms with E-state index < -0.39 is 65.8 Å². The fourth-order valence-electron chi connectivity index (χ4n) is 5.03. The number of hydrogen-bond donors (Lipinski definition) is 2. The van der Waals surface area contributed by atoms with E-state index in [0.29, 0.717) is 30.0 Å². The van der Waals surface area contributed by atoms with E-state index >= 15 is 0 Å². The lowest BCUT2D eigenvalue weighted by molar-refractivity contribution is -0.138. The Hall–Kier alpha value is -2.43.